The average molecular weight is 352 g/mol. The molecule has 136 valence electrons. The number of ether oxygens (including phenoxy) is 1. The molecule has 0 unspecified atom stereocenters. The van der Waals surface area contributed by atoms with E-state index in [1.807, 2.05) is 54.6 Å². The average Bonchev–Trinajstić information content (AvgIpc) is 3.06. The van der Waals surface area contributed by atoms with Crippen LogP contribution >= 0.6 is 0 Å². The van der Waals surface area contributed by atoms with Gasteiger partial charge in [0.2, 0.25) is 11.8 Å². The van der Waals surface area contributed by atoms with Crippen molar-refractivity contribution in [2.45, 2.75) is 26.2 Å². The molecule has 2 amide bonds. The first-order valence-corrected chi connectivity index (χ1v) is 9.06. The molecule has 2 aromatic carbocycles. The highest BCUT2D eigenvalue weighted by Gasteiger charge is 2.35. The summed E-state index contributed by atoms with van der Waals surface area (Å²) in [7, 11) is 0. The lowest BCUT2D eigenvalue weighted by molar-refractivity contribution is -0.122. The Balaban J connectivity index is 1.56. The summed E-state index contributed by atoms with van der Waals surface area (Å²) in [6.45, 7) is 3.23. The fourth-order valence-electron chi connectivity index (χ4n) is 2.95. The molecule has 0 aromatic heterocycles. The lowest BCUT2D eigenvalue weighted by Crippen LogP contribution is -2.28. The highest BCUT2D eigenvalue weighted by molar-refractivity contribution is 6.03. The van der Waals surface area contributed by atoms with Crippen LogP contribution in [-0.4, -0.2) is 25.0 Å². The first-order chi connectivity index (χ1) is 12.7. The highest BCUT2D eigenvalue weighted by atomic mass is 16.5. The normalized spacial score (nSPS) is 16.6. The van der Waals surface area contributed by atoms with Crippen molar-refractivity contribution < 1.29 is 14.3 Å². The molecule has 1 aliphatic heterocycles. The van der Waals surface area contributed by atoms with Gasteiger partial charge >= 0.3 is 0 Å². The van der Waals surface area contributed by atoms with Gasteiger partial charge in [-0.15, -0.1) is 0 Å². The van der Waals surface area contributed by atoms with Gasteiger partial charge in [0.05, 0.1) is 12.5 Å². The minimum atomic E-state index is -0.344. The molecule has 2 aromatic rings. The first-order valence-electron chi connectivity index (χ1n) is 9.06. The van der Waals surface area contributed by atoms with Gasteiger partial charge in [0.15, 0.2) is 0 Å². The van der Waals surface area contributed by atoms with E-state index in [2.05, 4.69) is 12.2 Å². The van der Waals surface area contributed by atoms with Crippen molar-refractivity contribution in [3.63, 3.8) is 0 Å². The van der Waals surface area contributed by atoms with E-state index in [4.69, 9.17) is 4.74 Å². The maximum Gasteiger partial charge on any atom is 0.229 e. The maximum atomic E-state index is 12.5. The van der Waals surface area contributed by atoms with Gasteiger partial charge in [-0.1, -0.05) is 31.5 Å². The zero-order chi connectivity index (χ0) is 18.4. The summed E-state index contributed by atoms with van der Waals surface area (Å²) in [6, 6.07) is 16.8. The Kier molecular flexibility index (Phi) is 5.89. The predicted molar refractivity (Wildman–Crippen MR) is 102 cm³/mol. The highest BCUT2D eigenvalue weighted by Crippen LogP contribution is 2.26. The summed E-state index contributed by atoms with van der Waals surface area (Å²) < 4.78 is 5.62. The quantitative estimate of drug-likeness (QED) is 0.770. The minimum absolute atomic E-state index is 0.0176. The van der Waals surface area contributed by atoms with Crippen LogP contribution in [0.5, 0.6) is 5.75 Å². The van der Waals surface area contributed by atoms with E-state index in [0.717, 1.165) is 24.3 Å². The fourth-order valence-corrected chi connectivity index (χ4v) is 2.95. The predicted octanol–water partition coefficient (Wildman–Crippen LogP) is 3.86. The van der Waals surface area contributed by atoms with Crippen molar-refractivity contribution in [3.8, 4) is 5.75 Å². The number of hydrogen-bond acceptors (Lipinski definition) is 3. The van der Waals surface area contributed by atoms with E-state index < -0.39 is 0 Å². The molecule has 5 nitrogen and oxygen atoms in total. The third-order valence-electron chi connectivity index (χ3n) is 4.45. The topological polar surface area (TPSA) is 58.6 Å². The standard InChI is InChI=1S/C21H24N2O3/c1-2-3-13-26-19-11-9-17(10-12-19)22-21(25)16-14-20(24)23(15-16)18-7-5-4-6-8-18/h4-12,16H,2-3,13-15H2,1H3,(H,22,25)/t16-/m1/s1. The van der Waals surface area contributed by atoms with Crippen molar-refractivity contribution in [1.82, 2.24) is 0 Å². The number of unbranched alkanes of at least 4 members (excludes halogenated alkanes) is 1. The number of rotatable bonds is 7. The molecule has 3 rings (SSSR count). The van der Waals surface area contributed by atoms with Gasteiger partial charge in [0.25, 0.3) is 0 Å². The van der Waals surface area contributed by atoms with Crippen LogP contribution in [0.15, 0.2) is 54.6 Å². The van der Waals surface area contributed by atoms with Crippen LogP contribution in [0, 0.1) is 5.92 Å². The van der Waals surface area contributed by atoms with Crippen LogP contribution in [0.4, 0.5) is 11.4 Å². The molecule has 5 heteroatoms. The van der Waals surface area contributed by atoms with Crippen molar-refractivity contribution in [3.05, 3.63) is 54.6 Å². The molecule has 1 aliphatic rings. The van der Waals surface area contributed by atoms with E-state index in [0.29, 0.717) is 18.8 Å². The SMILES string of the molecule is CCCCOc1ccc(NC(=O)[C@@H]2CC(=O)N(c3ccccc3)C2)cc1. The van der Waals surface area contributed by atoms with Crippen LogP contribution in [-0.2, 0) is 9.59 Å². The molecule has 1 heterocycles. The van der Waals surface area contributed by atoms with Gasteiger partial charge in [-0.05, 0) is 42.8 Å². The van der Waals surface area contributed by atoms with Crippen molar-refractivity contribution in [1.29, 1.82) is 0 Å². The second-order valence-corrected chi connectivity index (χ2v) is 6.46. The molecule has 0 bridgehead atoms. The Hall–Kier alpha value is -2.82. The molecule has 26 heavy (non-hydrogen) atoms. The van der Waals surface area contributed by atoms with Crippen LogP contribution in [0.2, 0.25) is 0 Å². The second kappa shape index (κ2) is 8.52. The largest absolute Gasteiger partial charge is 0.494 e. The van der Waals surface area contributed by atoms with E-state index in [1.54, 1.807) is 4.90 Å². The molecule has 1 saturated heterocycles. The Labute approximate surface area is 154 Å². The van der Waals surface area contributed by atoms with Gasteiger partial charge < -0.3 is 15.0 Å². The minimum Gasteiger partial charge on any atom is -0.494 e. The van der Waals surface area contributed by atoms with Crippen molar-refractivity contribution in [2.24, 2.45) is 5.92 Å². The monoisotopic (exact) mass is 352 g/mol. The number of carbonyl (C=O) groups excluding carboxylic acids is 2. The Morgan fingerprint density at radius 3 is 2.58 bits per heavy atom. The van der Waals surface area contributed by atoms with Gasteiger partial charge in [-0.25, -0.2) is 0 Å². The summed E-state index contributed by atoms with van der Waals surface area (Å²) in [5, 5.41) is 2.90. The van der Waals surface area contributed by atoms with Crippen molar-refractivity contribution >= 4 is 23.2 Å². The summed E-state index contributed by atoms with van der Waals surface area (Å²) >= 11 is 0. The second-order valence-electron chi connectivity index (χ2n) is 6.46. The Morgan fingerprint density at radius 2 is 1.88 bits per heavy atom. The van der Waals surface area contributed by atoms with Crippen LogP contribution in [0.1, 0.15) is 26.2 Å². The lowest BCUT2D eigenvalue weighted by atomic mass is 10.1. The molecule has 1 fully saturated rings. The zero-order valence-electron chi connectivity index (χ0n) is 15.0. The lowest BCUT2D eigenvalue weighted by Gasteiger charge is -2.16. The van der Waals surface area contributed by atoms with Gasteiger partial charge in [-0.3, -0.25) is 9.59 Å². The zero-order valence-corrected chi connectivity index (χ0v) is 15.0. The summed E-state index contributed by atoms with van der Waals surface area (Å²) in [5.41, 5.74) is 1.55. The molecule has 0 radical (unpaired) electrons. The molecule has 1 atom stereocenters. The molecule has 1 N–H and O–H groups in total. The van der Waals surface area contributed by atoms with E-state index in [1.165, 1.54) is 0 Å². The van der Waals surface area contributed by atoms with E-state index in [9.17, 15) is 9.59 Å². The number of nitrogens with zero attached hydrogens (tertiary/aromatic N) is 1. The Bertz CT molecular complexity index is 744. The molecular formula is C21H24N2O3. The number of anilines is 2. The molecule has 0 saturated carbocycles. The third kappa shape index (κ3) is 4.42. The third-order valence-corrected chi connectivity index (χ3v) is 4.45. The Morgan fingerprint density at radius 1 is 1.15 bits per heavy atom. The summed E-state index contributed by atoms with van der Waals surface area (Å²) in [6.07, 6.45) is 2.35. The molecule has 0 spiro atoms. The number of amides is 2. The maximum absolute atomic E-state index is 12.5. The number of carbonyl (C=O) groups is 2. The van der Waals surface area contributed by atoms with E-state index in [-0.39, 0.29) is 24.2 Å². The van der Waals surface area contributed by atoms with Gasteiger partial charge in [0, 0.05) is 24.3 Å². The number of nitrogens with one attached hydrogen (secondary N) is 1. The summed E-state index contributed by atoms with van der Waals surface area (Å²) in [4.78, 5) is 26.4. The molecule has 0 aliphatic carbocycles. The van der Waals surface area contributed by atoms with E-state index >= 15 is 0 Å². The molecular weight excluding hydrogens is 328 g/mol. The van der Waals surface area contributed by atoms with Crippen LogP contribution in [0.25, 0.3) is 0 Å². The van der Waals surface area contributed by atoms with Crippen molar-refractivity contribution in [2.75, 3.05) is 23.4 Å². The summed E-state index contributed by atoms with van der Waals surface area (Å²) in [5.74, 6) is 0.304. The number of para-hydroxylation sites is 1. The van der Waals surface area contributed by atoms with Gasteiger partial charge in [-0.2, -0.15) is 0 Å². The smallest absolute Gasteiger partial charge is 0.229 e. The number of benzene rings is 2. The van der Waals surface area contributed by atoms with Crippen LogP contribution in [0.3, 0.4) is 0 Å². The number of hydrogen-bond donors (Lipinski definition) is 1. The fraction of sp³-hybridized carbons (Fsp3) is 0.333. The van der Waals surface area contributed by atoms with Crippen LogP contribution < -0.4 is 15.0 Å². The first kappa shape index (κ1) is 18.0. The van der Waals surface area contributed by atoms with Gasteiger partial charge in [0.1, 0.15) is 5.75 Å².